The van der Waals surface area contributed by atoms with Crippen molar-refractivity contribution >= 4 is 17.7 Å². The van der Waals surface area contributed by atoms with Crippen molar-refractivity contribution in [3.63, 3.8) is 0 Å². The summed E-state index contributed by atoms with van der Waals surface area (Å²) in [7, 11) is 0. The molecule has 2 atom stereocenters. The first-order valence-corrected chi connectivity index (χ1v) is 11.9. The zero-order valence-electron chi connectivity index (χ0n) is 19.8. The first-order chi connectivity index (χ1) is 17.3. The zero-order valence-corrected chi connectivity index (χ0v) is 19.8. The van der Waals surface area contributed by atoms with Gasteiger partial charge in [0.2, 0.25) is 5.91 Å². The zero-order chi connectivity index (χ0) is 25.4. The Bertz CT molecular complexity index is 1180. The molecule has 3 aliphatic heterocycles. The minimum absolute atomic E-state index is 0.0535. The lowest BCUT2D eigenvalue weighted by molar-refractivity contribution is -0.142. The lowest BCUT2D eigenvalue weighted by atomic mass is 9.88. The molecular weight excluding hydrogens is 464 g/mol. The summed E-state index contributed by atoms with van der Waals surface area (Å²) in [6.07, 6.45) is 0. The summed E-state index contributed by atoms with van der Waals surface area (Å²) in [6.45, 7) is 4.63. The highest BCUT2D eigenvalue weighted by atomic mass is 16.5. The summed E-state index contributed by atoms with van der Waals surface area (Å²) in [5, 5.41) is 2.15. The van der Waals surface area contributed by atoms with E-state index in [-0.39, 0.29) is 6.54 Å². The molecular formula is C25H30N6O5. The van der Waals surface area contributed by atoms with E-state index in [2.05, 4.69) is 22.3 Å². The topological polar surface area (TPSA) is 166 Å². The number of piperidine rings is 1. The number of hydrogen-bond acceptors (Lipinski definition) is 9. The Morgan fingerprint density at radius 3 is 2.42 bits per heavy atom. The fourth-order valence-corrected chi connectivity index (χ4v) is 4.89. The van der Waals surface area contributed by atoms with Crippen molar-refractivity contribution in [2.45, 2.75) is 37.4 Å². The van der Waals surface area contributed by atoms with Crippen molar-refractivity contribution in [1.82, 2.24) is 15.1 Å². The Morgan fingerprint density at radius 2 is 1.69 bits per heavy atom. The smallest absolute Gasteiger partial charge is 0.255 e. The van der Waals surface area contributed by atoms with Crippen LogP contribution >= 0.6 is 0 Å². The van der Waals surface area contributed by atoms with Gasteiger partial charge < -0.3 is 31.6 Å². The van der Waals surface area contributed by atoms with Gasteiger partial charge in [-0.25, -0.2) is 0 Å². The van der Waals surface area contributed by atoms with Crippen LogP contribution in [0.15, 0.2) is 42.5 Å². The van der Waals surface area contributed by atoms with E-state index in [4.69, 9.17) is 26.7 Å². The molecule has 36 heavy (non-hydrogen) atoms. The molecule has 0 aromatic heterocycles. The van der Waals surface area contributed by atoms with Gasteiger partial charge in [0.1, 0.15) is 30.1 Å². The normalized spacial score (nSPS) is 24.0. The number of carbonyl (C=O) groups is 3. The van der Waals surface area contributed by atoms with Crippen molar-refractivity contribution in [1.29, 1.82) is 0 Å². The third kappa shape index (κ3) is 4.47. The number of fused-ring (bicyclic) bond motifs is 1. The molecule has 3 heterocycles. The minimum Gasteiger partial charge on any atom is -0.489 e. The van der Waals surface area contributed by atoms with Crippen molar-refractivity contribution < 1.29 is 23.9 Å². The molecule has 0 bridgehead atoms. The molecule has 2 fully saturated rings. The Labute approximate surface area is 208 Å². The van der Waals surface area contributed by atoms with Crippen LogP contribution in [-0.4, -0.2) is 71.6 Å². The molecule has 11 heteroatoms. The van der Waals surface area contributed by atoms with Gasteiger partial charge in [-0.1, -0.05) is 30.3 Å². The first kappa shape index (κ1) is 24.3. The van der Waals surface area contributed by atoms with Gasteiger partial charge in [-0.2, -0.15) is 0 Å². The maximum Gasteiger partial charge on any atom is 0.255 e. The van der Waals surface area contributed by atoms with E-state index in [0.29, 0.717) is 23.5 Å². The molecule has 11 nitrogen and oxygen atoms in total. The number of amides is 3. The van der Waals surface area contributed by atoms with Crippen molar-refractivity contribution in [2.75, 3.05) is 26.3 Å². The number of nitrogens with one attached hydrogen (secondary N) is 1. The molecule has 0 spiro atoms. The number of benzene rings is 2. The highest BCUT2D eigenvalue weighted by molar-refractivity contribution is 6.08. The Kier molecular flexibility index (Phi) is 6.49. The van der Waals surface area contributed by atoms with Gasteiger partial charge in [-0.3, -0.25) is 24.6 Å². The summed E-state index contributed by atoms with van der Waals surface area (Å²) in [4.78, 5) is 41.3. The van der Waals surface area contributed by atoms with E-state index in [1.165, 1.54) is 10.5 Å². The molecule has 2 unspecified atom stereocenters. The van der Waals surface area contributed by atoms with E-state index < -0.39 is 35.5 Å². The summed E-state index contributed by atoms with van der Waals surface area (Å²) in [6, 6.07) is 10.7. The van der Waals surface area contributed by atoms with Crippen molar-refractivity contribution in [3.05, 3.63) is 64.7 Å². The molecule has 0 saturated carbocycles. The Hall–Kier alpha value is -3.35. The molecule has 2 aromatic carbocycles. The highest BCUT2D eigenvalue weighted by Gasteiger charge is 2.55. The van der Waals surface area contributed by atoms with Crippen molar-refractivity contribution in [3.8, 4) is 5.75 Å². The van der Waals surface area contributed by atoms with Crippen molar-refractivity contribution in [2.24, 2.45) is 17.2 Å². The van der Waals surface area contributed by atoms with Crippen LogP contribution < -0.4 is 27.3 Å². The number of morpholine rings is 1. The van der Waals surface area contributed by atoms with E-state index in [9.17, 15) is 14.4 Å². The second-order valence-corrected chi connectivity index (χ2v) is 9.44. The van der Waals surface area contributed by atoms with E-state index in [1.807, 2.05) is 12.1 Å². The van der Waals surface area contributed by atoms with Crippen LogP contribution in [0.4, 0.5) is 0 Å². The second-order valence-electron chi connectivity index (χ2n) is 9.44. The van der Waals surface area contributed by atoms with Crippen LogP contribution in [0.3, 0.4) is 0 Å². The minimum atomic E-state index is -1.92. The SMILES string of the molecule is NC1C(=O)NC(=O)C(N2Cc3c(OCc4ccc(CN5CCOCC5)cc4)cccc3C2=O)C1(N)N. The van der Waals surface area contributed by atoms with Crippen LogP contribution in [-0.2, 0) is 34.0 Å². The van der Waals surface area contributed by atoms with Gasteiger partial charge in [0.15, 0.2) is 0 Å². The number of ether oxygens (including phenoxy) is 2. The predicted molar refractivity (Wildman–Crippen MR) is 129 cm³/mol. The average molecular weight is 495 g/mol. The second kappa shape index (κ2) is 9.60. The summed E-state index contributed by atoms with van der Waals surface area (Å²) in [5.41, 5.74) is 19.4. The fraction of sp³-hybridized carbons (Fsp3) is 0.400. The number of nitrogens with two attached hydrogens (primary N) is 3. The Morgan fingerprint density at radius 1 is 1.00 bits per heavy atom. The third-order valence-electron chi connectivity index (χ3n) is 6.98. The highest BCUT2D eigenvalue weighted by Crippen LogP contribution is 2.34. The predicted octanol–water partition coefficient (Wildman–Crippen LogP) is -0.980. The molecule has 2 aromatic rings. The standard InChI is InChI=1S/C25H30N6O5/c26-20-22(32)29-23(33)21(25(20,27)28)31-13-18-17(24(31)34)2-1-3-19(18)36-14-16-6-4-15(5-7-16)12-30-8-10-35-11-9-30/h1-7,20-21H,8-14,26-28H2,(H,29,32,33). The van der Waals surface area contributed by atoms with E-state index >= 15 is 0 Å². The fourth-order valence-electron chi connectivity index (χ4n) is 4.89. The molecule has 0 aliphatic carbocycles. The molecule has 0 radical (unpaired) electrons. The van der Waals surface area contributed by atoms with Gasteiger partial charge in [-0.05, 0) is 23.3 Å². The molecule has 3 amide bonds. The summed E-state index contributed by atoms with van der Waals surface area (Å²) in [5.74, 6) is -1.43. The molecule has 3 aliphatic rings. The largest absolute Gasteiger partial charge is 0.489 e. The first-order valence-electron chi connectivity index (χ1n) is 11.9. The average Bonchev–Trinajstić information content (AvgIpc) is 3.19. The number of carbonyl (C=O) groups excluding carboxylic acids is 3. The van der Waals surface area contributed by atoms with Gasteiger partial charge in [0.05, 0.1) is 19.8 Å². The molecule has 5 rings (SSSR count). The van der Waals surface area contributed by atoms with Gasteiger partial charge >= 0.3 is 0 Å². The molecule has 190 valence electrons. The summed E-state index contributed by atoms with van der Waals surface area (Å²) >= 11 is 0. The van der Waals surface area contributed by atoms with Gasteiger partial charge in [0.25, 0.3) is 11.8 Å². The van der Waals surface area contributed by atoms with Crippen LogP contribution in [0, 0.1) is 0 Å². The monoisotopic (exact) mass is 494 g/mol. The summed E-state index contributed by atoms with van der Waals surface area (Å²) < 4.78 is 11.5. The van der Waals surface area contributed by atoms with E-state index in [1.54, 1.807) is 18.2 Å². The lowest BCUT2D eigenvalue weighted by Crippen LogP contribution is -2.82. The lowest BCUT2D eigenvalue weighted by Gasteiger charge is -2.44. The van der Waals surface area contributed by atoms with Gasteiger partial charge in [-0.15, -0.1) is 0 Å². The van der Waals surface area contributed by atoms with Crippen LogP contribution in [0.2, 0.25) is 0 Å². The number of rotatable bonds is 6. The maximum absolute atomic E-state index is 13.2. The van der Waals surface area contributed by atoms with Gasteiger partial charge in [0, 0.05) is 30.8 Å². The Balaban J connectivity index is 1.28. The molecule has 7 N–H and O–H groups in total. The van der Waals surface area contributed by atoms with Crippen LogP contribution in [0.1, 0.15) is 27.0 Å². The van der Waals surface area contributed by atoms with E-state index in [0.717, 1.165) is 38.4 Å². The number of imide groups is 1. The molecule has 2 saturated heterocycles. The number of hydrogen-bond donors (Lipinski definition) is 4. The third-order valence-corrected chi connectivity index (χ3v) is 6.98. The maximum atomic E-state index is 13.2. The quantitative estimate of drug-likeness (QED) is 0.292. The van der Waals surface area contributed by atoms with Crippen LogP contribution in [0.5, 0.6) is 5.75 Å². The number of nitrogens with zero attached hydrogens (tertiary/aromatic N) is 2. The van der Waals surface area contributed by atoms with Crippen LogP contribution in [0.25, 0.3) is 0 Å².